The van der Waals surface area contributed by atoms with E-state index in [2.05, 4.69) is 4.98 Å². The van der Waals surface area contributed by atoms with Gasteiger partial charge in [-0.3, -0.25) is 4.79 Å². The van der Waals surface area contributed by atoms with Gasteiger partial charge < -0.3 is 4.74 Å². The zero-order chi connectivity index (χ0) is 13.3. The molecule has 0 atom stereocenters. The lowest BCUT2D eigenvalue weighted by atomic mass is 10.1. The second-order valence-corrected chi connectivity index (χ2v) is 5.03. The maximum absolute atomic E-state index is 13.3. The minimum Gasteiger partial charge on any atom is -0.496 e. The summed E-state index contributed by atoms with van der Waals surface area (Å²) in [5.41, 5.74) is 1.17. The van der Waals surface area contributed by atoms with Crippen molar-refractivity contribution in [2.75, 3.05) is 7.11 Å². The van der Waals surface area contributed by atoms with Crippen LogP contribution in [-0.4, -0.2) is 17.9 Å². The van der Waals surface area contributed by atoms with Crippen molar-refractivity contribution in [1.82, 2.24) is 4.98 Å². The predicted molar refractivity (Wildman–Crippen MR) is 68.8 cm³/mol. The first-order valence-electron chi connectivity index (χ1n) is 5.35. The molecule has 5 heteroatoms. The lowest BCUT2D eigenvalue weighted by molar-refractivity contribution is 0.101. The standard InChI is InChI=1S/C13H12FNO2S/c1-7(16)13-15-12(8(2)18-13)10-6-9(14)4-5-11(10)17-3/h4-6H,1-3H3. The number of nitrogens with zero attached hydrogens (tertiary/aromatic N) is 1. The molecule has 0 aliphatic heterocycles. The number of aromatic nitrogens is 1. The van der Waals surface area contributed by atoms with Gasteiger partial charge in [-0.15, -0.1) is 11.3 Å². The molecule has 18 heavy (non-hydrogen) atoms. The van der Waals surface area contributed by atoms with Gasteiger partial charge in [0.2, 0.25) is 0 Å². The Morgan fingerprint density at radius 3 is 2.72 bits per heavy atom. The molecule has 0 unspecified atom stereocenters. The van der Waals surface area contributed by atoms with Crippen LogP contribution in [-0.2, 0) is 0 Å². The second kappa shape index (κ2) is 4.86. The highest BCUT2D eigenvalue weighted by atomic mass is 32.1. The van der Waals surface area contributed by atoms with Crippen LogP contribution < -0.4 is 4.74 Å². The summed E-state index contributed by atoms with van der Waals surface area (Å²) in [6, 6.07) is 4.25. The molecule has 2 aromatic rings. The lowest BCUT2D eigenvalue weighted by Gasteiger charge is -2.06. The smallest absolute Gasteiger partial charge is 0.188 e. The monoisotopic (exact) mass is 265 g/mol. The van der Waals surface area contributed by atoms with Gasteiger partial charge in [0.1, 0.15) is 11.6 Å². The Labute approximate surface area is 108 Å². The van der Waals surface area contributed by atoms with Crippen LogP contribution in [0.4, 0.5) is 4.39 Å². The Kier molecular flexibility index (Phi) is 3.43. The molecule has 0 fully saturated rings. The average molecular weight is 265 g/mol. The number of benzene rings is 1. The van der Waals surface area contributed by atoms with Gasteiger partial charge in [0.25, 0.3) is 0 Å². The summed E-state index contributed by atoms with van der Waals surface area (Å²) in [7, 11) is 1.52. The van der Waals surface area contributed by atoms with Gasteiger partial charge in [-0.25, -0.2) is 9.37 Å². The number of carbonyl (C=O) groups excluding carboxylic acids is 1. The summed E-state index contributed by atoms with van der Waals surface area (Å²) in [5.74, 6) is 0.0900. The van der Waals surface area contributed by atoms with Crippen LogP contribution in [0, 0.1) is 12.7 Å². The fraction of sp³-hybridized carbons (Fsp3) is 0.231. The molecule has 2 rings (SSSR count). The Balaban J connectivity index is 2.60. The van der Waals surface area contributed by atoms with Crippen LogP contribution in [0.3, 0.4) is 0 Å². The Morgan fingerprint density at radius 2 is 2.17 bits per heavy atom. The van der Waals surface area contributed by atoms with Crippen molar-refractivity contribution in [2.24, 2.45) is 0 Å². The number of ether oxygens (including phenoxy) is 1. The molecule has 0 radical (unpaired) electrons. The van der Waals surface area contributed by atoms with E-state index >= 15 is 0 Å². The van der Waals surface area contributed by atoms with Crippen LogP contribution >= 0.6 is 11.3 Å². The molecule has 1 aromatic carbocycles. The molecule has 0 aliphatic carbocycles. The average Bonchev–Trinajstić information content (AvgIpc) is 2.71. The summed E-state index contributed by atoms with van der Waals surface area (Å²) >= 11 is 1.30. The van der Waals surface area contributed by atoms with Crippen molar-refractivity contribution in [1.29, 1.82) is 0 Å². The minimum atomic E-state index is -0.359. The van der Waals surface area contributed by atoms with E-state index in [9.17, 15) is 9.18 Å². The summed E-state index contributed by atoms with van der Waals surface area (Å²) in [4.78, 5) is 16.4. The van der Waals surface area contributed by atoms with Gasteiger partial charge in [0, 0.05) is 17.4 Å². The Bertz CT molecular complexity index is 607. The molecule has 0 spiro atoms. The lowest BCUT2D eigenvalue weighted by Crippen LogP contribution is -1.93. The zero-order valence-electron chi connectivity index (χ0n) is 10.3. The number of ketones is 1. The normalized spacial score (nSPS) is 10.4. The molecule has 0 amide bonds. The van der Waals surface area contributed by atoms with E-state index in [1.54, 1.807) is 6.07 Å². The van der Waals surface area contributed by atoms with E-state index in [0.29, 0.717) is 22.0 Å². The maximum atomic E-state index is 13.3. The van der Waals surface area contributed by atoms with Crippen molar-refractivity contribution in [3.05, 3.63) is 33.9 Å². The molecule has 1 heterocycles. The zero-order valence-corrected chi connectivity index (χ0v) is 11.1. The number of Topliss-reactive ketones (excluding diaryl/α,β-unsaturated/α-hetero) is 1. The van der Waals surface area contributed by atoms with Gasteiger partial charge in [-0.2, -0.15) is 0 Å². The highest BCUT2D eigenvalue weighted by molar-refractivity contribution is 7.14. The second-order valence-electron chi connectivity index (χ2n) is 3.82. The van der Waals surface area contributed by atoms with Crippen molar-refractivity contribution in [3.8, 4) is 17.0 Å². The number of methoxy groups -OCH3 is 1. The van der Waals surface area contributed by atoms with Crippen molar-refractivity contribution in [2.45, 2.75) is 13.8 Å². The number of thiazole rings is 1. The third-order valence-corrected chi connectivity index (χ3v) is 3.59. The van der Waals surface area contributed by atoms with Gasteiger partial charge in [0.05, 0.1) is 12.8 Å². The Hall–Kier alpha value is -1.75. The minimum absolute atomic E-state index is 0.0929. The SMILES string of the molecule is COc1ccc(F)cc1-c1nc(C(C)=O)sc1C. The molecular formula is C13H12FNO2S. The quantitative estimate of drug-likeness (QED) is 0.798. The summed E-state index contributed by atoms with van der Waals surface area (Å²) in [6.45, 7) is 3.31. The summed E-state index contributed by atoms with van der Waals surface area (Å²) in [6.07, 6.45) is 0. The van der Waals surface area contributed by atoms with Gasteiger partial charge in [0.15, 0.2) is 10.8 Å². The fourth-order valence-corrected chi connectivity index (χ4v) is 2.49. The molecule has 0 saturated carbocycles. The van der Waals surface area contributed by atoms with E-state index < -0.39 is 0 Å². The topological polar surface area (TPSA) is 39.2 Å². The van der Waals surface area contributed by atoms with Gasteiger partial charge in [-0.1, -0.05) is 0 Å². The fourth-order valence-electron chi connectivity index (χ4n) is 1.66. The first kappa shape index (κ1) is 12.7. The van der Waals surface area contributed by atoms with Crippen molar-refractivity contribution in [3.63, 3.8) is 0 Å². The number of carbonyl (C=O) groups is 1. The molecule has 0 bridgehead atoms. The molecule has 3 nitrogen and oxygen atoms in total. The number of hydrogen-bond donors (Lipinski definition) is 0. The van der Waals surface area contributed by atoms with Crippen LogP contribution in [0.2, 0.25) is 0 Å². The van der Waals surface area contributed by atoms with Crippen LogP contribution in [0.1, 0.15) is 21.6 Å². The van der Waals surface area contributed by atoms with Crippen LogP contribution in [0.5, 0.6) is 5.75 Å². The highest BCUT2D eigenvalue weighted by Crippen LogP contribution is 2.34. The third kappa shape index (κ3) is 2.26. The van der Waals surface area contributed by atoms with Crippen LogP contribution in [0.15, 0.2) is 18.2 Å². The van der Waals surface area contributed by atoms with Gasteiger partial charge in [-0.05, 0) is 25.1 Å². The molecule has 1 aromatic heterocycles. The molecule has 0 aliphatic rings. The van der Waals surface area contributed by atoms with Crippen LogP contribution in [0.25, 0.3) is 11.3 Å². The van der Waals surface area contributed by atoms with Gasteiger partial charge >= 0.3 is 0 Å². The highest BCUT2D eigenvalue weighted by Gasteiger charge is 2.16. The third-order valence-electron chi connectivity index (χ3n) is 2.51. The largest absolute Gasteiger partial charge is 0.496 e. The number of hydrogen-bond acceptors (Lipinski definition) is 4. The number of aryl methyl sites for hydroxylation is 1. The molecule has 94 valence electrons. The maximum Gasteiger partial charge on any atom is 0.188 e. The van der Waals surface area contributed by atoms with E-state index in [1.807, 2.05) is 6.92 Å². The first-order chi connectivity index (χ1) is 8.52. The first-order valence-corrected chi connectivity index (χ1v) is 6.17. The van der Waals surface area contributed by atoms with E-state index in [-0.39, 0.29) is 11.6 Å². The summed E-state index contributed by atoms with van der Waals surface area (Å²) < 4.78 is 18.5. The van der Waals surface area contributed by atoms with E-state index in [1.165, 1.54) is 37.5 Å². The van der Waals surface area contributed by atoms with Crippen molar-refractivity contribution < 1.29 is 13.9 Å². The number of rotatable bonds is 3. The predicted octanol–water partition coefficient (Wildman–Crippen LogP) is 3.47. The van der Waals surface area contributed by atoms with E-state index in [4.69, 9.17) is 4.74 Å². The Morgan fingerprint density at radius 1 is 1.44 bits per heavy atom. The molecular weight excluding hydrogens is 253 g/mol. The van der Waals surface area contributed by atoms with E-state index in [0.717, 1.165) is 4.88 Å². The van der Waals surface area contributed by atoms with Crippen molar-refractivity contribution >= 4 is 17.1 Å². The number of halogens is 1. The molecule has 0 N–H and O–H groups in total. The summed E-state index contributed by atoms with van der Waals surface area (Å²) in [5, 5.41) is 0.425. The molecule has 0 saturated heterocycles.